The van der Waals surface area contributed by atoms with Crippen molar-refractivity contribution >= 4 is 16.9 Å². The lowest BCUT2D eigenvalue weighted by Gasteiger charge is -2.35. The van der Waals surface area contributed by atoms with E-state index in [9.17, 15) is 18.0 Å². The lowest BCUT2D eigenvalue weighted by Crippen LogP contribution is -2.57. The number of benzene rings is 1. The van der Waals surface area contributed by atoms with E-state index in [0.29, 0.717) is 37.3 Å². The number of nitrogens with one attached hydrogen (secondary N) is 2. The van der Waals surface area contributed by atoms with Gasteiger partial charge in [-0.1, -0.05) is 18.2 Å². The van der Waals surface area contributed by atoms with Gasteiger partial charge in [0.25, 0.3) is 5.91 Å². The van der Waals surface area contributed by atoms with Gasteiger partial charge in [-0.3, -0.25) is 9.69 Å². The molecule has 0 spiro atoms. The van der Waals surface area contributed by atoms with E-state index in [0.717, 1.165) is 5.39 Å². The molecule has 2 N–H and O–H groups in total. The van der Waals surface area contributed by atoms with Gasteiger partial charge in [-0.15, -0.1) is 0 Å². The number of fused-ring (bicyclic) bond motifs is 1. The normalized spacial score (nSPS) is 17.6. The van der Waals surface area contributed by atoms with Crippen molar-refractivity contribution < 1.29 is 22.4 Å². The molecule has 1 aromatic heterocycles. The Balaban J connectivity index is 1.73. The van der Waals surface area contributed by atoms with Crippen molar-refractivity contribution in [2.75, 3.05) is 32.7 Å². The highest BCUT2D eigenvalue weighted by molar-refractivity contribution is 5.98. The van der Waals surface area contributed by atoms with Gasteiger partial charge in [-0.25, -0.2) is 0 Å². The van der Waals surface area contributed by atoms with E-state index < -0.39 is 24.7 Å². The van der Waals surface area contributed by atoms with Crippen molar-refractivity contribution in [2.24, 2.45) is 0 Å². The molecule has 5 nitrogen and oxygen atoms in total. The van der Waals surface area contributed by atoms with E-state index in [1.54, 1.807) is 19.1 Å². The first-order chi connectivity index (χ1) is 11.9. The molecule has 136 valence electrons. The number of furan rings is 1. The molecule has 3 rings (SSSR count). The number of carbonyl (C=O) groups is 1. The Bertz CT molecular complexity index is 751. The summed E-state index contributed by atoms with van der Waals surface area (Å²) in [5, 5.41) is 6.19. The molecule has 1 amide bonds. The largest absolute Gasteiger partial charge is 0.451 e. The number of para-hydroxylation sites is 1. The predicted molar refractivity (Wildman–Crippen MR) is 87.6 cm³/mol. The molecule has 2 heterocycles. The summed E-state index contributed by atoms with van der Waals surface area (Å²) < 4.78 is 45.6. The Kier molecular flexibility index (Phi) is 5.01. The minimum absolute atomic E-state index is 0.0578. The Morgan fingerprint density at radius 3 is 2.64 bits per heavy atom. The number of aryl methyl sites for hydroxylation is 1. The van der Waals surface area contributed by atoms with E-state index in [4.69, 9.17) is 4.42 Å². The molecule has 1 aliphatic heterocycles. The van der Waals surface area contributed by atoms with Gasteiger partial charge in [0.15, 0.2) is 5.76 Å². The molecule has 0 bridgehead atoms. The summed E-state index contributed by atoms with van der Waals surface area (Å²) in [5.74, 6) is -0.569. The summed E-state index contributed by atoms with van der Waals surface area (Å²) in [6, 6.07) is 5.42. The molecule has 1 atom stereocenters. The fraction of sp³-hybridized carbons (Fsp3) is 0.471. The molecule has 1 unspecified atom stereocenters. The molecule has 0 saturated carbocycles. The Hall–Kier alpha value is -2.06. The first-order valence-electron chi connectivity index (χ1n) is 8.15. The fourth-order valence-electron chi connectivity index (χ4n) is 3.11. The summed E-state index contributed by atoms with van der Waals surface area (Å²) in [6.45, 7) is 2.82. The third kappa shape index (κ3) is 3.80. The van der Waals surface area contributed by atoms with Gasteiger partial charge in [0.05, 0.1) is 0 Å². The molecule has 2 aromatic rings. The maximum atomic E-state index is 13.4. The van der Waals surface area contributed by atoms with E-state index in [1.807, 2.05) is 12.1 Å². The highest BCUT2D eigenvalue weighted by Gasteiger charge is 2.44. The van der Waals surface area contributed by atoms with Gasteiger partial charge in [-0.2, -0.15) is 13.2 Å². The van der Waals surface area contributed by atoms with Gasteiger partial charge in [0, 0.05) is 43.7 Å². The highest BCUT2D eigenvalue weighted by atomic mass is 19.4. The molecule has 0 radical (unpaired) electrons. The maximum absolute atomic E-state index is 13.4. The smallest absolute Gasteiger partial charge is 0.405 e. The van der Waals surface area contributed by atoms with Crippen LogP contribution in [0.15, 0.2) is 28.7 Å². The lowest BCUT2D eigenvalue weighted by atomic mass is 10.1. The van der Waals surface area contributed by atoms with Crippen molar-refractivity contribution in [2.45, 2.75) is 19.1 Å². The van der Waals surface area contributed by atoms with E-state index in [-0.39, 0.29) is 5.76 Å². The molecule has 8 heteroatoms. The Labute approximate surface area is 143 Å². The first-order valence-corrected chi connectivity index (χ1v) is 8.15. The number of alkyl halides is 3. The van der Waals surface area contributed by atoms with Gasteiger partial charge in [0.1, 0.15) is 11.6 Å². The van der Waals surface area contributed by atoms with E-state index >= 15 is 0 Å². The van der Waals surface area contributed by atoms with Crippen LogP contribution >= 0.6 is 0 Å². The maximum Gasteiger partial charge on any atom is 0.405 e. The number of rotatable bonds is 4. The van der Waals surface area contributed by atoms with Gasteiger partial charge >= 0.3 is 6.18 Å². The Morgan fingerprint density at radius 2 is 2.00 bits per heavy atom. The minimum atomic E-state index is -4.41. The Morgan fingerprint density at radius 1 is 1.32 bits per heavy atom. The van der Waals surface area contributed by atoms with Gasteiger partial charge in [-0.05, 0) is 13.0 Å². The summed E-state index contributed by atoms with van der Waals surface area (Å²) in [4.78, 5) is 13.7. The quantitative estimate of drug-likeness (QED) is 0.884. The number of halogens is 3. The van der Waals surface area contributed by atoms with E-state index in [1.165, 1.54) is 4.90 Å². The third-order valence-corrected chi connectivity index (χ3v) is 4.48. The van der Waals surface area contributed by atoms with Crippen LogP contribution in [-0.4, -0.2) is 55.7 Å². The summed E-state index contributed by atoms with van der Waals surface area (Å²) in [5.41, 5.74) is 1.17. The summed E-state index contributed by atoms with van der Waals surface area (Å²) >= 11 is 0. The second kappa shape index (κ2) is 7.05. The predicted octanol–water partition coefficient (Wildman–Crippen LogP) is 2.31. The highest BCUT2D eigenvalue weighted by Crippen LogP contribution is 2.26. The van der Waals surface area contributed by atoms with Crippen molar-refractivity contribution in [3.05, 3.63) is 35.6 Å². The number of nitrogens with zero attached hydrogens (tertiary/aromatic N) is 1. The van der Waals surface area contributed by atoms with Gasteiger partial charge in [0.2, 0.25) is 0 Å². The second-order valence-corrected chi connectivity index (χ2v) is 6.11. The monoisotopic (exact) mass is 355 g/mol. The van der Waals surface area contributed by atoms with Crippen LogP contribution in [0, 0.1) is 6.92 Å². The van der Waals surface area contributed by atoms with Crippen molar-refractivity contribution in [1.82, 2.24) is 15.5 Å². The van der Waals surface area contributed by atoms with Crippen LogP contribution in [0.2, 0.25) is 0 Å². The SMILES string of the molecule is Cc1c(C(=O)NCC(N2CCNCC2)C(F)(F)F)oc2ccccc12. The lowest BCUT2D eigenvalue weighted by molar-refractivity contribution is -0.183. The number of hydrogen-bond acceptors (Lipinski definition) is 4. The number of hydrogen-bond donors (Lipinski definition) is 2. The molecule has 1 saturated heterocycles. The van der Waals surface area contributed by atoms with Crippen LogP contribution in [0.5, 0.6) is 0 Å². The zero-order chi connectivity index (χ0) is 18.0. The fourth-order valence-corrected chi connectivity index (χ4v) is 3.11. The van der Waals surface area contributed by atoms with Crippen molar-refractivity contribution in [3.8, 4) is 0 Å². The zero-order valence-corrected chi connectivity index (χ0v) is 13.8. The van der Waals surface area contributed by atoms with Crippen LogP contribution in [-0.2, 0) is 0 Å². The molecular weight excluding hydrogens is 335 g/mol. The average molecular weight is 355 g/mol. The molecule has 1 aliphatic rings. The first kappa shape index (κ1) is 17.8. The number of amides is 1. The summed E-state index contributed by atoms with van der Waals surface area (Å²) in [6.07, 6.45) is -4.41. The van der Waals surface area contributed by atoms with Gasteiger partial charge < -0.3 is 15.1 Å². The summed E-state index contributed by atoms with van der Waals surface area (Å²) in [7, 11) is 0. The van der Waals surface area contributed by atoms with Crippen LogP contribution in [0.25, 0.3) is 11.0 Å². The second-order valence-electron chi connectivity index (χ2n) is 6.11. The van der Waals surface area contributed by atoms with E-state index in [2.05, 4.69) is 10.6 Å². The van der Waals surface area contributed by atoms with Crippen LogP contribution < -0.4 is 10.6 Å². The third-order valence-electron chi connectivity index (χ3n) is 4.48. The molecule has 1 fully saturated rings. The number of carbonyl (C=O) groups excluding carboxylic acids is 1. The van der Waals surface area contributed by atoms with Crippen molar-refractivity contribution in [3.63, 3.8) is 0 Å². The van der Waals surface area contributed by atoms with Crippen LogP contribution in [0.3, 0.4) is 0 Å². The van der Waals surface area contributed by atoms with Crippen LogP contribution in [0.4, 0.5) is 13.2 Å². The minimum Gasteiger partial charge on any atom is -0.451 e. The molecular formula is C17H20F3N3O2. The topological polar surface area (TPSA) is 57.5 Å². The molecule has 1 aromatic carbocycles. The zero-order valence-electron chi connectivity index (χ0n) is 13.8. The number of piperazine rings is 1. The average Bonchev–Trinajstić information content (AvgIpc) is 2.92. The van der Waals surface area contributed by atoms with Crippen LogP contribution in [0.1, 0.15) is 16.1 Å². The standard InChI is InChI=1S/C17H20F3N3O2/c1-11-12-4-2-3-5-13(12)25-15(11)16(24)22-10-14(17(18,19)20)23-8-6-21-7-9-23/h2-5,14,21H,6-10H2,1H3,(H,22,24). The molecule has 25 heavy (non-hydrogen) atoms. The molecule has 0 aliphatic carbocycles. The van der Waals surface area contributed by atoms with Crippen molar-refractivity contribution in [1.29, 1.82) is 0 Å².